The van der Waals surface area contributed by atoms with E-state index in [0.717, 1.165) is 66.6 Å². The van der Waals surface area contributed by atoms with E-state index in [1.165, 1.54) is 28.7 Å². The number of carbonyl (C=O) groups excluding carboxylic acids is 1. The van der Waals surface area contributed by atoms with E-state index in [1.54, 1.807) is 10.6 Å². The minimum absolute atomic E-state index is 0.0616. The lowest BCUT2D eigenvalue weighted by Gasteiger charge is -2.26. The summed E-state index contributed by atoms with van der Waals surface area (Å²) in [4.78, 5) is 20.0. The Labute approximate surface area is 232 Å². The molecule has 1 saturated carbocycles. The molecule has 12 heteroatoms. The molecular formula is C27H25N7O3S2. The second kappa shape index (κ2) is 10.5. The van der Waals surface area contributed by atoms with Crippen LogP contribution in [0.1, 0.15) is 18.4 Å². The molecule has 3 aromatic heterocycles. The zero-order valence-corrected chi connectivity index (χ0v) is 22.6. The molecule has 1 saturated heterocycles. The standard InChI is InChI=1S/C27H25N7O3S2/c35-25(18-4-5-18)29-26-28-21-7-6-20(15-22(21)39-26)38-27-31-30-23-8-9-24(32-34(23)27)37-19-3-1-2-17(14-19)16-33-10-12-36-13-11-33/h1-3,6-9,14-15,18H,4-5,10-13,16H2,(H,28,29,35). The van der Waals surface area contributed by atoms with E-state index in [0.29, 0.717) is 21.8 Å². The number of nitrogens with zero attached hydrogens (tertiary/aromatic N) is 6. The molecule has 2 fully saturated rings. The van der Waals surface area contributed by atoms with Gasteiger partial charge in [-0.05, 0) is 66.6 Å². The molecule has 0 bridgehead atoms. The van der Waals surface area contributed by atoms with Crippen LogP contribution in [-0.2, 0) is 16.1 Å². The van der Waals surface area contributed by atoms with Crippen LogP contribution in [0.15, 0.2) is 64.6 Å². The van der Waals surface area contributed by atoms with E-state index in [4.69, 9.17) is 9.47 Å². The summed E-state index contributed by atoms with van der Waals surface area (Å²) in [6, 6.07) is 17.7. The number of fused-ring (bicyclic) bond motifs is 2. The number of rotatable bonds is 8. The van der Waals surface area contributed by atoms with E-state index in [9.17, 15) is 4.79 Å². The maximum atomic E-state index is 12.1. The smallest absolute Gasteiger partial charge is 0.237 e. The summed E-state index contributed by atoms with van der Waals surface area (Å²) in [5, 5.41) is 17.5. The summed E-state index contributed by atoms with van der Waals surface area (Å²) in [7, 11) is 0. The zero-order chi connectivity index (χ0) is 26.2. The van der Waals surface area contributed by atoms with Crippen molar-refractivity contribution in [2.45, 2.75) is 29.4 Å². The minimum Gasteiger partial charge on any atom is -0.438 e. The van der Waals surface area contributed by atoms with Gasteiger partial charge in [0.2, 0.25) is 16.9 Å². The van der Waals surface area contributed by atoms with Crippen LogP contribution in [0.25, 0.3) is 15.9 Å². The number of nitrogens with one attached hydrogen (secondary N) is 1. The molecular weight excluding hydrogens is 534 g/mol. The largest absolute Gasteiger partial charge is 0.438 e. The van der Waals surface area contributed by atoms with Gasteiger partial charge in [0.25, 0.3) is 0 Å². The molecule has 39 heavy (non-hydrogen) atoms. The fourth-order valence-corrected chi connectivity index (χ4v) is 6.21. The van der Waals surface area contributed by atoms with Gasteiger partial charge in [-0.3, -0.25) is 9.69 Å². The fraction of sp³-hybridized carbons (Fsp3) is 0.296. The average Bonchev–Trinajstić information content (AvgIpc) is 3.62. The minimum atomic E-state index is 0.0616. The van der Waals surface area contributed by atoms with Crippen LogP contribution in [0, 0.1) is 5.92 Å². The highest BCUT2D eigenvalue weighted by Gasteiger charge is 2.30. The van der Waals surface area contributed by atoms with Crippen LogP contribution < -0.4 is 10.1 Å². The first kappa shape index (κ1) is 24.5. The summed E-state index contributed by atoms with van der Waals surface area (Å²) in [6.45, 7) is 4.28. The molecule has 1 amide bonds. The molecule has 0 unspecified atom stereocenters. The molecule has 1 aliphatic heterocycles. The average molecular weight is 560 g/mol. The molecule has 0 atom stereocenters. The quantitative estimate of drug-likeness (QED) is 0.285. The van der Waals surface area contributed by atoms with Crippen molar-refractivity contribution < 1.29 is 14.3 Å². The number of hydrogen-bond acceptors (Lipinski definition) is 10. The molecule has 2 aliphatic rings. The predicted octanol–water partition coefficient (Wildman–Crippen LogP) is 4.86. The Bertz CT molecular complexity index is 1660. The molecule has 1 aliphatic carbocycles. The normalized spacial score (nSPS) is 16.1. The van der Waals surface area contributed by atoms with Crippen LogP contribution in [0.2, 0.25) is 0 Å². The maximum Gasteiger partial charge on any atom is 0.237 e. The summed E-state index contributed by atoms with van der Waals surface area (Å²) >= 11 is 2.93. The van der Waals surface area contributed by atoms with Crippen molar-refractivity contribution in [3.8, 4) is 11.6 Å². The number of ether oxygens (including phenoxy) is 2. The van der Waals surface area contributed by atoms with Gasteiger partial charge in [0.1, 0.15) is 5.75 Å². The van der Waals surface area contributed by atoms with E-state index >= 15 is 0 Å². The van der Waals surface area contributed by atoms with E-state index in [1.807, 2.05) is 36.4 Å². The van der Waals surface area contributed by atoms with Gasteiger partial charge in [0.05, 0.1) is 23.4 Å². The third-order valence-electron chi connectivity index (χ3n) is 6.59. The number of anilines is 1. The van der Waals surface area contributed by atoms with Crippen molar-refractivity contribution in [2.75, 3.05) is 31.6 Å². The Morgan fingerprint density at radius 3 is 2.87 bits per heavy atom. The first-order valence-electron chi connectivity index (χ1n) is 12.8. The molecule has 10 nitrogen and oxygen atoms in total. The first-order valence-corrected chi connectivity index (χ1v) is 14.5. The van der Waals surface area contributed by atoms with Crippen LogP contribution in [0.4, 0.5) is 5.13 Å². The number of hydrogen-bond donors (Lipinski definition) is 1. The molecule has 5 aromatic rings. The lowest BCUT2D eigenvalue weighted by molar-refractivity contribution is -0.117. The van der Waals surface area contributed by atoms with Gasteiger partial charge in [-0.1, -0.05) is 23.5 Å². The predicted molar refractivity (Wildman–Crippen MR) is 148 cm³/mol. The molecule has 1 N–H and O–H groups in total. The Hall–Kier alpha value is -3.58. The van der Waals surface area contributed by atoms with Crippen molar-refractivity contribution in [3.05, 3.63) is 60.2 Å². The van der Waals surface area contributed by atoms with Crippen molar-refractivity contribution in [1.29, 1.82) is 0 Å². The van der Waals surface area contributed by atoms with Crippen LogP contribution in [0.5, 0.6) is 11.6 Å². The van der Waals surface area contributed by atoms with Crippen LogP contribution in [0.3, 0.4) is 0 Å². The van der Waals surface area contributed by atoms with Crippen molar-refractivity contribution in [1.82, 2.24) is 29.7 Å². The second-order valence-corrected chi connectivity index (χ2v) is 11.6. The van der Waals surface area contributed by atoms with Gasteiger partial charge in [0, 0.05) is 36.5 Å². The summed E-state index contributed by atoms with van der Waals surface area (Å²) in [5.41, 5.74) is 2.67. The Morgan fingerprint density at radius 2 is 2.00 bits per heavy atom. The van der Waals surface area contributed by atoms with E-state index in [2.05, 4.69) is 42.6 Å². The van der Waals surface area contributed by atoms with Gasteiger partial charge in [-0.2, -0.15) is 4.52 Å². The molecule has 0 spiro atoms. The van der Waals surface area contributed by atoms with E-state index in [-0.39, 0.29) is 11.8 Å². The first-order chi connectivity index (χ1) is 19.2. The highest BCUT2D eigenvalue weighted by Crippen LogP contribution is 2.35. The zero-order valence-electron chi connectivity index (χ0n) is 20.9. The van der Waals surface area contributed by atoms with Gasteiger partial charge in [-0.15, -0.1) is 15.3 Å². The van der Waals surface area contributed by atoms with Gasteiger partial charge in [0.15, 0.2) is 10.8 Å². The monoisotopic (exact) mass is 559 g/mol. The Kier molecular flexibility index (Phi) is 6.60. The van der Waals surface area contributed by atoms with Gasteiger partial charge < -0.3 is 14.8 Å². The van der Waals surface area contributed by atoms with Gasteiger partial charge in [-0.25, -0.2) is 4.98 Å². The topological polar surface area (TPSA) is 107 Å². The Balaban J connectivity index is 1.07. The molecule has 2 aromatic carbocycles. The number of carbonyl (C=O) groups is 1. The van der Waals surface area contributed by atoms with Crippen molar-refractivity contribution in [3.63, 3.8) is 0 Å². The molecule has 0 radical (unpaired) electrons. The highest BCUT2D eigenvalue weighted by atomic mass is 32.2. The molecule has 198 valence electrons. The molecule has 7 rings (SSSR count). The Morgan fingerprint density at radius 1 is 1.10 bits per heavy atom. The number of morpholine rings is 1. The highest BCUT2D eigenvalue weighted by molar-refractivity contribution is 7.99. The lowest BCUT2D eigenvalue weighted by Crippen LogP contribution is -2.35. The maximum absolute atomic E-state index is 12.1. The van der Waals surface area contributed by atoms with Crippen molar-refractivity contribution >= 4 is 50.0 Å². The summed E-state index contributed by atoms with van der Waals surface area (Å²) < 4.78 is 14.3. The number of benzene rings is 2. The third kappa shape index (κ3) is 5.59. The number of thiazole rings is 1. The number of amides is 1. The summed E-state index contributed by atoms with van der Waals surface area (Å²) in [6.07, 6.45) is 1.93. The molecule has 4 heterocycles. The summed E-state index contributed by atoms with van der Waals surface area (Å²) in [5.74, 6) is 1.40. The van der Waals surface area contributed by atoms with Gasteiger partial charge >= 0.3 is 0 Å². The van der Waals surface area contributed by atoms with Crippen LogP contribution >= 0.6 is 23.1 Å². The van der Waals surface area contributed by atoms with E-state index < -0.39 is 0 Å². The lowest BCUT2D eigenvalue weighted by atomic mass is 10.2. The van der Waals surface area contributed by atoms with Crippen molar-refractivity contribution in [2.24, 2.45) is 5.92 Å². The second-order valence-electron chi connectivity index (χ2n) is 9.58. The number of aromatic nitrogens is 5. The fourth-order valence-electron chi connectivity index (χ4n) is 4.40. The SMILES string of the molecule is O=C(Nc1nc2ccc(Sc3nnc4ccc(Oc5cccc(CN6CCOCC6)c5)nn34)cc2s1)C1CC1. The van der Waals surface area contributed by atoms with Crippen LogP contribution in [-0.4, -0.2) is 61.9 Å². The third-order valence-corrected chi connectivity index (χ3v) is 8.45.